The van der Waals surface area contributed by atoms with Gasteiger partial charge in [-0.15, -0.1) is 0 Å². The fraction of sp³-hybridized carbons (Fsp3) is 0.0667. The molecule has 4 aromatic carbocycles. The number of nitriles is 1. The molecule has 0 atom stereocenters. The van der Waals surface area contributed by atoms with E-state index in [0.29, 0.717) is 24.5 Å². The van der Waals surface area contributed by atoms with Gasteiger partial charge in [0.15, 0.2) is 0 Å². The van der Waals surface area contributed by atoms with Crippen molar-refractivity contribution in [2.24, 2.45) is 0 Å². The molecule has 0 aromatic heterocycles. The van der Waals surface area contributed by atoms with Gasteiger partial charge in [-0.2, -0.15) is 5.26 Å². The second kappa shape index (κ2) is 11.4. The third-order valence-electron chi connectivity index (χ3n) is 5.36. The van der Waals surface area contributed by atoms with Gasteiger partial charge in [0.05, 0.1) is 0 Å². The number of carbonyl (C=O) groups excluding carboxylic acids is 1. The number of amides is 1. The van der Waals surface area contributed by atoms with Gasteiger partial charge in [-0.25, -0.2) is 4.39 Å². The molecule has 1 amide bonds. The molecule has 0 saturated heterocycles. The predicted molar refractivity (Wildman–Crippen MR) is 135 cm³/mol. The topological polar surface area (TPSA) is 62.1 Å². The highest BCUT2D eigenvalue weighted by Gasteiger charge is 2.11. The van der Waals surface area contributed by atoms with Crippen LogP contribution >= 0.6 is 0 Å². The minimum absolute atomic E-state index is 0.0268. The molecule has 0 spiro atoms. The molecule has 5 heteroatoms. The van der Waals surface area contributed by atoms with Crippen LogP contribution in [0.4, 0.5) is 10.1 Å². The van der Waals surface area contributed by atoms with Crippen LogP contribution in [0, 0.1) is 17.1 Å². The van der Waals surface area contributed by atoms with E-state index < -0.39 is 5.91 Å². The fourth-order valence-corrected chi connectivity index (χ4v) is 3.58. The quantitative estimate of drug-likeness (QED) is 0.239. The zero-order valence-electron chi connectivity index (χ0n) is 18.9. The van der Waals surface area contributed by atoms with Crippen molar-refractivity contribution in [1.82, 2.24) is 0 Å². The number of nitrogens with zero attached hydrogens (tertiary/aromatic N) is 1. The number of halogens is 1. The average Bonchev–Trinajstić information content (AvgIpc) is 2.88. The molecule has 0 saturated carbocycles. The van der Waals surface area contributed by atoms with Gasteiger partial charge in [0.2, 0.25) is 0 Å². The minimum Gasteiger partial charge on any atom is -0.489 e. The Balaban J connectivity index is 1.43. The van der Waals surface area contributed by atoms with E-state index >= 15 is 0 Å². The second-order valence-electron chi connectivity index (χ2n) is 7.93. The highest BCUT2D eigenvalue weighted by Crippen LogP contribution is 2.20. The first-order valence-corrected chi connectivity index (χ1v) is 11.1. The summed E-state index contributed by atoms with van der Waals surface area (Å²) in [7, 11) is 0. The maximum Gasteiger partial charge on any atom is 0.266 e. The van der Waals surface area contributed by atoms with E-state index in [2.05, 4.69) is 5.32 Å². The van der Waals surface area contributed by atoms with Crippen molar-refractivity contribution in [2.75, 3.05) is 5.32 Å². The van der Waals surface area contributed by atoms with E-state index in [0.717, 1.165) is 22.3 Å². The molecule has 4 nitrogen and oxygen atoms in total. The number of carbonyl (C=O) groups is 1. The molecule has 1 N–H and O–H groups in total. The lowest BCUT2D eigenvalue weighted by molar-refractivity contribution is -0.112. The van der Waals surface area contributed by atoms with Crippen LogP contribution in [0.1, 0.15) is 22.3 Å². The van der Waals surface area contributed by atoms with Crippen LogP contribution in [0.3, 0.4) is 0 Å². The van der Waals surface area contributed by atoms with Crippen molar-refractivity contribution in [2.45, 2.75) is 13.0 Å². The molecule has 35 heavy (non-hydrogen) atoms. The summed E-state index contributed by atoms with van der Waals surface area (Å²) >= 11 is 0. The van der Waals surface area contributed by atoms with Crippen molar-refractivity contribution in [1.29, 1.82) is 5.26 Å². The van der Waals surface area contributed by atoms with Gasteiger partial charge >= 0.3 is 0 Å². The lowest BCUT2D eigenvalue weighted by atomic mass is 9.98. The van der Waals surface area contributed by atoms with Gasteiger partial charge in [-0.05, 0) is 71.1 Å². The fourth-order valence-electron chi connectivity index (χ4n) is 3.58. The molecule has 0 aliphatic rings. The van der Waals surface area contributed by atoms with E-state index in [1.54, 1.807) is 36.4 Å². The normalized spacial score (nSPS) is 10.9. The Kier molecular flexibility index (Phi) is 7.67. The van der Waals surface area contributed by atoms with Crippen molar-refractivity contribution >= 4 is 17.7 Å². The standard InChI is InChI=1S/C30H23FN2O2/c31-27-12-6-9-23(18-27)17-24-10-4-5-11-25(24)19-26(20-32)30(34)33-28-13-15-29(16-14-28)35-21-22-7-2-1-3-8-22/h1-16,18-19H,17,21H2,(H,33,34)/b26-19+. The van der Waals surface area contributed by atoms with Gasteiger partial charge in [0.25, 0.3) is 5.91 Å². The highest BCUT2D eigenvalue weighted by atomic mass is 19.1. The number of ether oxygens (including phenoxy) is 1. The zero-order valence-corrected chi connectivity index (χ0v) is 18.9. The molecular weight excluding hydrogens is 439 g/mol. The highest BCUT2D eigenvalue weighted by molar-refractivity contribution is 6.09. The van der Waals surface area contributed by atoms with Crippen molar-refractivity contribution in [3.63, 3.8) is 0 Å². The lowest BCUT2D eigenvalue weighted by Crippen LogP contribution is -2.13. The van der Waals surface area contributed by atoms with Crippen molar-refractivity contribution in [3.05, 3.63) is 137 Å². The summed E-state index contributed by atoms with van der Waals surface area (Å²) in [5.41, 5.74) is 4.01. The maximum absolute atomic E-state index is 13.6. The number of hydrogen-bond donors (Lipinski definition) is 1. The Morgan fingerprint density at radius 3 is 2.34 bits per heavy atom. The molecule has 0 aliphatic heterocycles. The van der Waals surface area contributed by atoms with Gasteiger partial charge in [0.1, 0.15) is 29.8 Å². The summed E-state index contributed by atoms with van der Waals surface area (Å²) in [6, 6.07) is 32.6. The average molecular weight is 463 g/mol. The number of nitrogens with one attached hydrogen (secondary N) is 1. The molecular formula is C30H23FN2O2. The number of anilines is 1. The smallest absolute Gasteiger partial charge is 0.266 e. The van der Waals surface area contributed by atoms with Gasteiger partial charge < -0.3 is 10.1 Å². The Bertz CT molecular complexity index is 1370. The summed E-state index contributed by atoms with van der Waals surface area (Å²) in [4.78, 5) is 12.8. The van der Waals surface area contributed by atoms with Crippen LogP contribution in [0.5, 0.6) is 5.75 Å². The summed E-state index contributed by atoms with van der Waals surface area (Å²) < 4.78 is 19.3. The summed E-state index contributed by atoms with van der Waals surface area (Å²) in [6.45, 7) is 0.447. The van der Waals surface area contributed by atoms with Gasteiger partial charge in [-0.1, -0.05) is 66.7 Å². The second-order valence-corrected chi connectivity index (χ2v) is 7.93. The lowest BCUT2D eigenvalue weighted by Gasteiger charge is -2.09. The van der Waals surface area contributed by atoms with Crippen LogP contribution < -0.4 is 10.1 Å². The van der Waals surface area contributed by atoms with E-state index in [-0.39, 0.29) is 11.4 Å². The first-order chi connectivity index (χ1) is 17.1. The number of rotatable bonds is 8. The van der Waals surface area contributed by atoms with E-state index in [1.807, 2.05) is 66.7 Å². The molecule has 4 rings (SSSR count). The maximum atomic E-state index is 13.6. The van der Waals surface area contributed by atoms with Crippen LogP contribution in [0.2, 0.25) is 0 Å². The number of hydrogen-bond acceptors (Lipinski definition) is 3. The molecule has 0 heterocycles. The Morgan fingerprint density at radius 2 is 1.60 bits per heavy atom. The third-order valence-corrected chi connectivity index (χ3v) is 5.36. The van der Waals surface area contributed by atoms with Crippen molar-refractivity contribution < 1.29 is 13.9 Å². The minimum atomic E-state index is -0.508. The monoisotopic (exact) mass is 462 g/mol. The van der Waals surface area contributed by atoms with Crippen molar-refractivity contribution in [3.8, 4) is 11.8 Å². The molecule has 0 radical (unpaired) electrons. The van der Waals surface area contributed by atoms with E-state index in [1.165, 1.54) is 12.1 Å². The first kappa shape index (κ1) is 23.5. The molecule has 172 valence electrons. The SMILES string of the molecule is N#C/C(=C\c1ccccc1Cc1cccc(F)c1)C(=O)Nc1ccc(OCc2ccccc2)cc1. The summed E-state index contributed by atoms with van der Waals surface area (Å²) in [6.07, 6.45) is 2.04. The van der Waals surface area contributed by atoms with Crippen LogP contribution in [0.25, 0.3) is 6.08 Å². The van der Waals surface area contributed by atoms with Crippen LogP contribution in [0.15, 0.2) is 109 Å². The zero-order chi connectivity index (χ0) is 24.5. The molecule has 0 fully saturated rings. The largest absolute Gasteiger partial charge is 0.489 e. The van der Waals surface area contributed by atoms with E-state index in [9.17, 15) is 14.4 Å². The molecule has 0 unspecified atom stereocenters. The molecule has 0 bridgehead atoms. The van der Waals surface area contributed by atoms with Gasteiger partial charge in [0, 0.05) is 5.69 Å². The van der Waals surface area contributed by atoms with Crippen LogP contribution in [-0.2, 0) is 17.8 Å². The van der Waals surface area contributed by atoms with Crippen LogP contribution in [-0.4, -0.2) is 5.91 Å². The predicted octanol–water partition coefficient (Wildman–Crippen LogP) is 6.54. The Labute approximate surface area is 203 Å². The Morgan fingerprint density at radius 1 is 0.886 bits per heavy atom. The number of benzene rings is 4. The summed E-state index contributed by atoms with van der Waals surface area (Å²) in [5.74, 6) is -0.135. The van der Waals surface area contributed by atoms with E-state index in [4.69, 9.17) is 4.74 Å². The Hall–Kier alpha value is -4.69. The third kappa shape index (κ3) is 6.66. The molecule has 0 aliphatic carbocycles. The summed E-state index contributed by atoms with van der Waals surface area (Å²) in [5, 5.41) is 12.4. The first-order valence-electron chi connectivity index (χ1n) is 11.1. The van der Waals surface area contributed by atoms with Gasteiger partial charge in [-0.3, -0.25) is 4.79 Å². The molecule has 4 aromatic rings.